The Kier molecular flexibility index (Phi) is 10.3. The molecule has 0 bridgehead atoms. The van der Waals surface area contributed by atoms with E-state index in [0.29, 0.717) is 89.7 Å². The van der Waals surface area contributed by atoms with Gasteiger partial charge < -0.3 is 19.4 Å². The van der Waals surface area contributed by atoms with Gasteiger partial charge in [-0.1, -0.05) is 109 Å². The second-order valence-electron chi connectivity index (χ2n) is 23.1. The Bertz CT molecular complexity index is 2410. The Morgan fingerprint density at radius 3 is 1.73 bits per heavy atom. The molecule has 4 nitrogen and oxygen atoms in total. The number of ether oxygens (including phenoxy) is 1. The molecular formula is C62H73N3O. The van der Waals surface area contributed by atoms with Gasteiger partial charge in [0.05, 0.1) is 42.5 Å². The van der Waals surface area contributed by atoms with Crippen molar-refractivity contribution in [3.63, 3.8) is 0 Å². The fraction of sp³-hybridized carbons (Fsp3) is 0.548. The highest BCUT2D eigenvalue weighted by atomic mass is 16.5. The van der Waals surface area contributed by atoms with Crippen LogP contribution in [-0.2, 0) is 4.74 Å². The molecule has 10 aliphatic carbocycles. The second-order valence-corrected chi connectivity index (χ2v) is 23.1. The zero-order chi connectivity index (χ0) is 43.3. The van der Waals surface area contributed by atoms with E-state index < -0.39 is 0 Å². The van der Waals surface area contributed by atoms with E-state index in [9.17, 15) is 0 Å². The largest absolute Gasteiger partial charge is 0.497 e. The van der Waals surface area contributed by atoms with E-state index >= 15 is 0 Å². The third-order valence-corrected chi connectivity index (χ3v) is 20.1. The summed E-state index contributed by atoms with van der Waals surface area (Å²) in [7, 11) is 0. The molecular weight excluding hydrogens is 803 g/mol. The van der Waals surface area contributed by atoms with Gasteiger partial charge in [0.25, 0.3) is 0 Å². The van der Waals surface area contributed by atoms with E-state index in [1.54, 1.807) is 17.1 Å². The molecule has 0 aromatic heterocycles. The third kappa shape index (κ3) is 6.63. The number of hydrogen-bond acceptors (Lipinski definition) is 4. The summed E-state index contributed by atoms with van der Waals surface area (Å²) in [5.41, 5.74) is 9.51. The topological polar surface area (TPSA) is 19.0 Å². The first-order valence-corrected chi connectivity index (χ1v) is 27.3. The molecule has 3 saturated heterocycles. The van der Waals surface area contributed by atoms with Gasteiger partial charge in [-0.05, 0) is 186 Å². The quantitative estimate of drug-likeness (QED) is 0.248. The monoisotopic (exact) mass is 876 g/mol. The molecule has 0 saturated carbocycles. The van der Waals surface area contributed by atoms with E-state index in [2.05, 4.69) is 149 Å². The molecule has 4 aliphatic heterocycles. The molecule has 0 amide bonds. The maximum absolute atomic E-state index is 6.24. The van der Waals surface area contributed by atoms with Crippen LogP contribution >= 0.6 is 0 Å². The van der Waals surface area contributed by atoms with Crippen molar-refractivity contribution in [2.75, 3.05) is 0 Å². The maximum Gasteiger partial charge on any atom is 0.109 e. The minimum Gasteiger partial charge on any atom is -0.497 e. The predicted molar refractivity (Wildman–Crippen MR) is 268 cm³/mol. The molecule has 4 heterocycles. The molecule has 0 aromatic carbocycles. The van der Waals surface area contributed by atoms with Crippen LogP contribution in [0.15, 0.2) is 168 Å². The van der Waals surface area contributed by atoms with Crippen LogP contribution in [0, 0.1) is 59.2 Å². The number of nitrogens with zero attached hydrogens (tertiary/aromatic N) is 3. The first-order valence-electron chi connectivity index (χ1n) is 27.3. The number of allylic oxidation sites excluding steroid dienone is 19. The average molecular weight is 876 g/mol. The Balaban J connectivity index is 0.764. The number of fused-ring (bicyclic) bond motifs is 10. The molecule has 0 N–H and O–H groups in total. The molecule has 342 valence electrons. The number of likely N-dealkylation sites (tertiary alicyclic amines) is 3. The van der Waals surface area contributed by atoms with E-state index in [4.69, 9.17) is 4.74 Å². The minimum atomic E-state index is 0.341. The number of hydrogen-bond donors (Lipinski definition) is 0. The highest BCUT2D eigenvalue weighted by molar-refractivity contribution is 5.44. The van der Waals surface area contributed by atoms with Gasteiger partial charge >= 0.3 is 0 Å². The van der Waals surface area contributed by atoms with Crippen molar-refractivity contribution in [2.45, 2.75) is 152 Å². The Morgan fingerprint density at radius 1 is 0.439 bits per heavy atom. The normalized spacial score (nSPS) is 44.5. The lowest BCUT2D eigenvalue weighted by Gasteiger charge is -2.41. The summed E-state index contributed by atoms with van der Waals surface area (Å²) in [6, 6.07) is 3.28. The van der Waals surface area contributed by atoms with Crippen LogP contribution in [0.1, 0.15) is 109 Å². The molecule has 15 unspecified atom stereocenters. The van der Waals surface area contributed by atoms with Crippen LogP contribution in [0.4, 0.5) is 0 Å². The van der Waals surface area contributed by atoms with Gasteiger partial charge in [0.2, 0.25) is 0 Å². The lowest BCUT2D eigenvalue weighted by Crippen LogP contribution is -2.39. The standard InChI is InChI=1S/C62H73N3O/c1-3-13-45(14-4-1)63-56-20-10-7-17-48(56)51-35-41(25-31-58(51)63)43-27-33-60-53(37-43)54-38-44(42-26-32-59-52(36-42)49-18-8-11-21-57(49)64(59)46-15-5-2-6-16-46)28-34-61(54)65(60)47-29-23-40(24-30-47)55-39-66-62-22-12-9-19-50(55)62/h1-3,5,9-11,13,15,19-21,23,25,27-29,31,33-34,36,39,41-44,48-51,53-54,56-62H,4,6-8,12,14,16-18,22,24,26,30,32,35,37-38H2/t41?,42?,43?,44?,48?,49?,50-,51?,53?,54?,56-,57?,58?,59?,60?,61?,62?/m0/s1. The maximum atomic E-state index is 6.24. The zero-order valence-corrected chi connectivity index (χ0v) is 39.3. The first-order chi connectivity index (χ1) is 32.7. The van der Waals surface area contributed by atoms with E-state index in [1.165, 1.54) is 94.6 Å². The molecule has 66 heavy (non-hydrogen) atoms. The fourth-order valence-corrected chi connectivity index (χ4v) is 17.2. The molecule has 14 aliphatic rings. The fourth-order valence-electron chi connectivity index (χ4n) is 17.2. The van der Waals surface area contributed by atoms with Crippen molar-refractivity contribution in [1.82, 2.24) is 14.7 Å². The highest BCUT2D eigenvalue weighted by Gasteiger charge is 2.55. The van der Waals surface area contributed by atoms with E-state index in [-0.39, 0.29) is 0 Å². The average Bonchev–Trinajstić information content (AvgIpc) is 4.14. The summed E-state index contributed by atoms with van der Waals surface area (Å²) >= 11 is 0. The summed E-state index contributed by atoms with van der Waals surface area (Å²) in [4.78, 5) is 8.74. The third-order valence-electron chi connectivity index (χ3n) is 20.1. The van der Waals surface area contributed by atoms with Crippen LogP contribution in [-0.4, -0.2) is 57.1 Å². The van der Waals surface area contributed by atoms with Crippen molar-refractivity contribution < 1.29 is 4.74 Å². The molecule has 3 fully saturated rings. The van der Waals surface area contributed by atoms with Crippen LogP contribution in [0.3, 0.4) is 0 Å². The minimum absolute atomic E-state index is 0.341. The van der Waals surface area contributed by atoms with E-state index in [0.717, 1.165) is 37.5 Å². The van der Waals surface area contributed by atoms with Crippen molar-refractivity contribution in [3.8, 4) is 0 Å². The van der Waals surface area contributed by atoms with Gasteiger partial charge in [-0.3, -0.25) is 0 Å². The van der Waals surface area contributed by atoms with Crippen molar-refractivity contribution in [3.05, 3.63) is 168 Å². The lowest BCUT2D eigenvalue weighted by molar-refractivity contribution is 0.136. The summed E-state index contributed by atoms with van der Waals surface area (Å²) in [5, 5.41) is 0. The predicted octanol–water partition coefficient (Wildman–Crippen LogP) is 13.3. The molecule has 14 rings (SSSR count). The lowest BCUT2D eigenvalue weighted by atomic mass is 9.64. The van der Waals surface area contributed by atoms with Crippen LogP contribution in [0.25, 0.3) is 0 Å². The molecule has 4 heteroatoms. The van der Waals surface area contributed by atoms with Gasteiger partial charge in [-0.15, -0.1) is 0 Å². The summed E-state index contributed by atoms with van der Waals surface area (Å²) in [6.07, 6.45) is 77.2. The molecule has 0 radical (unpaired) electrons. The van der Waals surface area contributed by atoms with Gasteiger partial charge in [0, 0.05) is 34.5 Å². The van der Waals surface area contributed by atoms with Gasteiger partial charge in [-0.2, -0.15) is 0 Å². The van der Waals surface area contributed by atoms with Crippen LogP contribution < -0.4 is 0 Å². The van der Waals surface area contributed by atoms with Gasteiger partial charge in [-0.25, -0.2) is 0 Å². The zero-order valence-electron chi connectivity index (χ0n) is 39.3. The van der Waals surface area contributed by atoms with E-state index in [1.807, 2.05) is 5.57 Å². The SMILES string of the molecule is C1=CCCC(N2C3CCC(C4C=CC5C(C4)C4CC(C6C=CC7C(C6)C6CCC=C[C@@H]6N7C6=CC=CCC6)C=CC4N5C4=CC=C(C5=COC6CCC=C[C@@H]56)CC4)C=C3C3CCC=CC32)=C1. The molecule has 0 spiro atoms. The Labute approximate surface area is 396 Å². The van der Waals surface area contributed by atoms with Crippen molar-refractivity contribution in [1.29, 1.82) is 0 Å². The van der Waals surface area contributed by atoms with Crippen molar-refractivity contribution in [2.24, 2.45) is 59.2 Å². The van der Waals surface area contributed by atoms with Gasteiger partial charge in [0.15, 0.2) is 0 Å². The summed E-state index contributed by atoms with van der Waals surface area (Å²) in [6.45, 7) is 0. The second kappa shape index (κ2) is 16.7. The smallest absolute Gasteiger partial charge is 0.109 e. The summed E-state index contributed by atoms with van der Waals surface area (Å²) in [5.74, 6) is 6.66. The van der Waals surface area contributed by atoms with Gasteiger partial charge in [0.1, 0.15) is 6.10 Å². The van der Waals surface area contributed by atoms with Crippen molar-refractivity contribution >= 4 is 0 Å². The highest BCUT2D eigenvalue weighted by Crippen LogP contribution is 2.57. The Morgan fingerprint density at radius 2 is 1.05 bits per heavy atom. The van der Waals surface area contributed by atoms with Crippen LogP contribution in [0.2, 0.25) is 0 Å². The molecule has 0 aromatic rings. The number of rotatable bonds is 6. The summed E-state index contributed by atoms with van der Waals surface area (Å²) < 4.78 is 6.24. The Hall–Kier alpha value is -4.44. The first kappa shape index (κ1) is 40.6. The van der Waals surface area contributed by atoms with Crippen LogP contribution in [0.5, 0.6) is 0 Å². The molecule has 17 atom stereocenters.